The first-order valence-corrected chi connectivity index (χ1v) is 7.27. The lowest BCUT2D eigenvalue weighted by Crippen LogP contribution is -2.11. The Hall–Kier alpha value is -2.18. The zero-order valence-electron chi connectivity index (χ0n) is 11.0. The van der Waals surface area contributed by atoms with E-state index < -0.39 is 6.10 Å². The van der Waals surface area contributed by atoms with Crippen LogP contribution in [0.4, 0.5) is 9.52 Å². The largest absolute Gasteiger partial charge is 0.467 e. The van der Waals surface area contributed by atoms with Crippen LogP contribution >= 0.6 is 11.3 Å². The van der Waals surface area contributed by atoms with Gasteiger partial charge in [-0.25, -0.2) is 9.37 Å². The van der Waals surface area contributed by atoms with Gasteiger partial charge in [0.05, 0.1) is 18.5 Å². The van der Waals surface area contributed by atoms with E-state index in [0.717, 1.165) is 11.3 Å². The Morgan fingerprint density at radius 1 is 1.29 bits per heavy atom. The molecule has 2 aromatic heterocycles. The number of thiazole rings is 1. The smallest absolute Gasteiger partial charge is 0.183 e. The van der Waals surface area contributed by atoms with Gasteiger partial charge in [0.2, 0.25) is 0 Å². The van der Waals surface area contributed by atoms with Gasteiger partial charge in [-0.15, -0.1) is 11.3 Å². The number of anilines is 1. The van der Waals surface area contributed by atoms with E-state index in [9.17, 15) is 9.50 Å². The highest BCUT2D eigenvalue weighted by Crippen LogP contribution is 2.25. The summed E-state index contributed by atoms with van der Waals surface area (Å²) in [5, 5.41) is 15.5. The number of hydrogen-bond acceptors (Lipinski definition) is 5. The number of benzene rings is 1. The summed E-state index contributed by atoms with van der Waals surface area (Å²) in [6.07, 6.45) is 0.798. The Morgan fingerprint density at radius 2 is 2.10 bits per heavy atom. The van der Waals surface area contributed by atoms with Crippen molar-refractivity contribution in [3.8, 4) is 11.3 Å². The fourth-order valence-corrected chi connectivity index (χ4v) is 2.60. The molecular formula is C15H13FN2O2S. The van der Waals surface area contributed by atoms with Crippen molar-refractivity contribution in [2.45, 2.75) is 6.10 Å². The Balaban J connectivity index is 1.64. The van der Waals surface area contributed by atoms with E-state index >= 15 is 0 Å². The molecule has 0 saturated heterocycles. The average Bonchev–Trinajstić information content (AvgIpc) is 3.17. The minimum absolute atomic E-state index is 0.270. The number of aliphatic hydroxyl groups excluding tert-OH is 1. The van der Waals surface area contributed by atoms with Crippen LogP contribution in [0.15, 0.2) is 52.5 Å². The third kappa shape index (κ3) is 3.29. The summed E-state index contributed by atoms with van der Waals surface area (Å²) in [5.41, 5.74) is 1.63. The molecular weight excluding hydrogens is 291 g/mol. The van der Waals surface area contributed by atoms with Crippen LogP contribution in [0.25, 0.3) is 11.3 Å². The fraction of sp³-hybridized carbons (Fsp3) is 0.133. The van der Waals surface area contributed by atoms with Crippen LogP contribution < -0.4 is 5.32 Å². The lowest BCUT2D eigenvalue weighted by atomic mass is 10.2. The van der Waals surface area contributed by atoms with Gasteiger partial charge in [-0.2, -0.15) is 0 Å². The summed E-state index contributed by atoms with van der Waals surface area (Å²) in [7, 11) is 0. The van der Waals surface area contributed by atoms with E-state index in [-0.39, 0.29) is 5.82 Å². The van der Waals surface area contributed by atoms with Gasteiger partial charge in [-0.05, 0) is 36.4 Å². The van der Waals surface area contributed by atoms with Crippen molar-refractivity contribution < 1.29 is 13.9 Å². The number of furan rings is 1. The van der Waals surface area contributed by atoms with Crippen LogP contribution in [-0.2, 0) is 0 Å². The van der Waals surface area contributed by atoms with Crippen molar-refractivity contribution in [1.29, 1.82) is 0 Å². The first-order chi connectivity index (χ1) is 10.2. The SMILES string of the molecule is OC(CNc1nc(-c2ccc(F)cc2)cs1)c1ccco1. The molecule has 3 rings (SSSR count). The van der Waals surface area contributed by atoms with Crippen LogP contribution in [0, 0.1) is 5.82 Å². The van der Waals surface area contributed by atoms with Gasteiger partial charge in [-0.3, -0.25) is 0 Å². The quantitative estimate of drug-likeness (QED) is 0.755. The predicted octanol–water partition coefficient (Wildman–Crippen LogP) is 3.69. The summed E-state index contributed by atoms with van der Waals surface area (Å²) in [4.78, 5) is 4.41. The molecule has 0 fully saturated rings. The Labute approximate surface area is 124 Å². The zero-order chi connectivity index (χ0) is 14.7. The first-order valence-electron chi connectivity index (χ1n) is 6.39. The van der Waals surface area contributed by atoms with E-state index in [2.05, 4.69) is 10.3 Å². The van der Waals surface area contributed by atoms with Gasteiger partial charge in [0, 0.05) is 10.9 Å². The standard InChI is InChI=1S/C15H13FN2O2S/c16-11-5-3-10(4-6-11)12-9-21-15(18-12)17-8-13(19)14-2-1-7-20-14/h1-7,9,13,19H,8H2,(H,17,18). The molecule has 1 aromatic carbocycles. The lowest BCUT2D eigenvalue weighted by Gasteiger charge is -2.07. The lowest BCUT2D eigenvalue weighted by molar-refractivity contribution is 0.162. The summed E-state index contributed by atoms with van der Waals surface area (Å²) in [6, 6.07) is 9.63. The maximum absolute atomic E-state index is 12.9. The average molecular weight is 304 g/mol. The highest BCUT2D eigenvalue weighted by atomic mass is 32.1. The predicted molar refractivity (Wildman–Crippen MR) is 79.7 cm³/mol. The number of aliphatic hydroxyl groups is 1. The number of halogens is 1. The van der Waals surface area contributed by atoms with Crippen molar-refractivity contribution in [2.24, 2.45) is 0 Å². The summed E-state index contributed by atoms with van der Waals surface area (Å²) < 4.78 is 18.0. The molecule has 0 aliphatic heterocycles. The van der Waals surface area contributed by atoms with Gasteiger partial charge >= 0.3 is 0 Å². The van der Waals surface area contributed by atoms with E-state index in [0.29, 0.717) is 17.4 Å². The zero-order valence-corrected chi connectivity index (χ0v) is 11.8. The number of rotatable bonds is 5. The van der Waals surface area contributed by atoms with E-state index in [1.807, 2.05) is 5.38 Å². The van der Waals surface area contributed by atoms with Gasteiger partial charge in [0.15, 0.2) is 5.13 Å². The minimum atomic E-state index is -0.724. The van der Waals surface area contributed by atoms with Crippen molar-refractivity contribution in [3.63, 3.8) is 0 Å². The van der Waals surface area contributed by atoms with E-state index in [4.69, 9.17) is 4.42 Å². The Kier molecular flexibility index (Phi) is 3.98. The molecule has 0 bridgehead atoms. The second-order valence-electron chi connectivity index (χ2n) is 4.46. The molecule has 0 aliphatic carbocycles. The van der Waals surface area contributed by atoms with Gasteiger partial charge in [0.25, 0.3) is 0 Å². The van der Waals surface area contributed by atoms with Crippen LogP contribution in [0.5, 0.6) is 0 Å². The van der Waals surface area contributed by atoms with E-state index in [1.165, 1.54) is 29.7 Å². The van der Waals surface area contributed by atoms with Crippen LogP contribution in [0.2, 0.25) is 0 Å². The second kappa shape index (κ2) is 6.07. The van der Waals surface area contributed by atoms with Crippen molar-refractivity contribution >= 4 is 16.5 Å². The van der Waals surface area contributed by atoms with Crippen molar-refractivity contribution in [1.82, 2.24) is 4.98 Å². The molecule has 1 atom stereocenters. The van der Waals surface area contributed by atoms with E-state index in [1.54, 1.807) is 24.3 Å². The summed E-state index contributed by atoms with van der Waals surface area (Å²) >= 11 is 1.43. The summed E-state index contributed by atoms with van der Waals surface area (Å²) in [6.45, 7) is 0.309. The Bertz CT molecular complexity index is 695. The molecule has 108 valence electrons. The monoisotopic (exact) mass is 304 g/mol. The highest BCUT2D eigenvalue weighted by molar-refractivity contribution is 7.14. The van der Waals surface area contributed by atoms with Crippen LogP contribution in [-0.4, -0.2) is 16.6 Å². The molecule has 0 aliphatic rings. The molecule has 0 saturated carbocycles. The third-order valence-corrected chi connectivity index (χ3v) is 3.76. The van der Waals surface area contributed by atoms with Crippen molar-refractivity contribution in [2.75, 3.05) is 11.9 Å². The molecule has 0 amide bonds. The maximum atomic E-state index is 12.9. The van der Waals surface area contributed by atoms with Crippen molar-refractivity contribution in [3.05, 3.63) is 59.6 Å². The molecule has 2 heterocycles. The van der Waals surface area contributed by atoms with Crippen LogP contribution in [0.3, 0.4) is 0 Å². The molecule has 6 heteroatoms. The number of aromatic nitrogens is 1. The maximum Gasteiger partial charge on any atom is 0.183 e. The molecule has 21 heavy (non-hydrogen) atoms. The molecule has 2 N–H and O–H groups in total. The molecule has 0 radical (unpaired) electrons. The highest BCUT2D eigenvalue weighted by Gasteiger charge is 2.11. The summed E-state index contributed by atoms with van der Waals surface area (Å²) in [5.74, 6) is 0.242. The number of nitrogens with zero attached hydrogens (tertiary/aromatic N) is 1. The van der Waals surface area contributed by atoms with Gasteiger partial charge < -0.3 is 14.8 Å². The van der Waals surface area contributed by atoms with Gasteiger partial charge in [-0.1, -0.05) is 0 Å². The number of nitrogens with one attached hydrogen (secondary N) is 1. The molecule has 4 nitrogen and oxygen atoms in total. The minimum Gasteiger partial charge on any atom is -0.467 e. The molecule has 1 unspecified atom stereocenters. The third-order valence-electron chi connectivity index (χ3n) is 2.96. The molecule has 3 aromatic rings. The van der Waals surface area contributed by atoms with Crippen LogP contribution in [0.1, 0.15) is 11.9 Å². The second-order valence-corrected chi connectivity index (χ2v) is 5.32. The fourth-order valence-electron chi connectivity index (χ4n) is 1.87. The molecule has 0 spiro atoms. The topological polar surface area (TPSA) is 58.3 Å². The van der Waals surface area contributed by atoms with Gasteiger partial charge in [0.1, 0.15) is 17.7 Å². The normalized spacial score (nSPS) is 12.3. The first kappa shape index (κ1) is 13.8. The Morgan fingerprint density at radius 3 is 2.81 bits per heavy atom. The number of hydrogen-bond donors (Lipinski definition) is 2.